The first kappa shape index (κ1) is 41.5. The van der Waals surface area contributed by atoms with Crippen LogP contribution >= 0.6 is 0 Å². The van der Waals surface area contributed by atoms with Crippen LogP contribution in [0.15, 0.2) is 72.4 Å². The number of ketones is 1. The lowest BCUT2D eigenvalue weighted by Crippen LogP contribution is -2.65. The average molecular weight is 820 g/mol. The molecule has 0 saturated carbocycles. The maximum absolute atomic E-state index is 15.2. The summed E-state index contributed by atoms with van der Waals surface area (Å²) in [6.45, 7) is 15.5. The first-order chi connectivity index (χ1) is 28.8. The van der Waals surface area contributed by atoms with Gasteiger partial charge in [-0.15, -0.1) is 0 Å². The molecule has 5 aliphatic heterocycles. The first-order valence-electron chi connectivity index (χ1n) is 21.7. The number of nitrogens with zero attached hydrogens (tertiary/aromatic N) is 5. The van der Waals surface area contributed by atoms with Crippen molar-refractivity contribution in [2.24, 2.45) is 5.41 Å². The number of rotatable bonds is 13. The number of methoxy groups -OCH3 is 1. The Morgan fingerprint density at radius 2 is 1.75 bits per heavy atom. The number of pyridine rings is 1. The van der Waals surface area contributed by atoms with Gasteiger partial charge in [0.05, 0.1) is 30.1 Å². The lowest BCUT2D eigenvalue weighted by Gasteiger charge is -2.57. The van der Waals surface area contributed by atoms with Gasteiger partial charge in [-0.25, -0.2) is 8.78 Å². The third-order valence-electron chi connectivity index (χ3n) is 13.5. The minimum absolute atomic E-state index is 0.129. The Labute approximate surface area is 353 Å². The molecule has 5 aliphatic rings. The van der Waals surface area contributed by atoms with Crippen molar-refractivity contribution in [3.8, 4) is 0 Å². The normalized spacial score (nSPS) is 21.4. The predicted octanol–water partition coefficient (Wildman–Crippen LogP) is 8.90. The molecule has 1 aromatic heterocycles. The molecule has 1 spiro atoms. The van der Waals surface area contributed by atoms with Crippen LogP contribution in [0.1, 0.15) is 105 Å². The first-order valence-corrected chi connectivity index (χ1v) is 21.7. The van der Waals surface area contributed by atoms with E-state index >= 15 is 8.78 Å². The molecule has 0 radical (unpaired) electrons. The molecule has 4 fully saturated rings. The number of carbonyl (C=O) groups is 2. The fourth-order valence-electron chi connectivity index (χ4n) is 9.78. The lowest BCUT2D eigenvalue weighted by atomic mass is 9.71. The zero-order chi connectivity index (χ0) is 42.3. The summed E-state index contributed by atoms with van der Waals surface area (Å²) in [5.41, 5.74) is 8.10. The summed E-state index contributed by atoms with van der Waals surface area (Å²) in [7, 11) is 3.78. The monoisotopic (exact) mass is 819 g/mol. The van der Waals surface area contributed by atoms with E-state index in [0.29, 0.717) is 47.7 Å². The highest BCUT2D eigenvalue weighted by Crippen LogP contribution is 2.46. The highest BCUT2D eigenvalue weighted by Gasteiger charge is 2.47. The average Bonchev–Trinajstić information content (AvgIpc) is 3.51. The highest BCUT2D eigenvalue weighted by atomic mass is 19.1. The molecule has 10 nitrogen and oxygen atoms in total. The second-order valence-corrected chi connectivity index (χ2v) is 17.6. The van der Waals surface area contributed by atoms with Crippen molar-refractivity contribution in [3.63, 3.8) is 0 Å². The SMILES string of the molecule is C=C1CC[C@H](c2c(F)cc(N3CC(N4CCC5(CC4)CN(c4ccc6c(c4)N(C)/C(=C\CCCC(=O)c4cc(C)nc(/C(C)=C(/CCC)OC)c4)N6)C5)C3)cc2F)C(=O)N1. The fraction of sp³-hybridized carbons (Fsp3) is 0.479. The molecule has 1 amide bonds. The van der Waals surface area contributed by atoms with E-state index in [1.54, 1.807) is 7.11 Å². The number of unbranched alkanes of at least 4 members (excludes halogenated alkanes) is 1. The van der Waals surface area contributed by atoms with Gasteiger partial charge in [-0.1, -0.05) is 13.5 Å². The van der Waals surface area contributed by atoms with Crippen LogP contribution in [-0.4, -0.2) is 81.0 Å². The van der Waals surface area contributed by atoms with Gasteiger partial charge in [-0.05, 0) is 120 Å². The van der Waals surface area contributed by atoms with E-state index in [4.69, 9.17) is 4.74 Å². The number of carbonyl (C=O) groups excluding carboxylic acids is 2. The minimum atomic E-state index is -0.832. The van der Waals surface area contributed by atoms with Crippen LogP contribution in [-0.2, 0) is 9.53 Å². The van der Waals surface area contributed by atoms with E-state index in [1.165, 1.54) is 17.8 Å². The van der Waals surface area contributed by atoms with E-state index < -0.39 is 23.5 Å². The molecule has 6 heterocycles. The number of Topliss-reactive ketones (excluding diaryl/α,β-unsaturated/α-hetero) is 1. The number of piperidine rings is 2. The molecular weight excluding hydrogens is 761 g/mol. The van der Waals surface area contributed by atoms with Gasteiger partial charge in [-0.3, -0.25) is 19.5 Å². The largest absolute Gasteiger partial charge is 0.501 e. The number of aryl methyl sites for hydroxylation is 1. The van der Waals surface area contributed by atoms with E-state index in [-0.39, 0.29) is 11.3 Å². The second-order valence-electron chi connectivity index (χ2n) is 17.6. The second kappa shape index (κ2) is 17.0. The Morgan fingerprint density at radius 3 is 2.43 bits per heavy atom. The molecule has 12 heteroatoms. The van der Waals surface area contributed by atoms with E-state index in [1.807, 2.05) is 30.9 Å². The number of amides is 1. The van der Waals surface area contributed by atoms with Gasteiger partial charge < -0.3 is 30.1 Å². The van der Waals surface area contributed by atoms with Gasteiger partial charge in [0.2, 0.25) is 5.91 Å². The number of fused-ring (bicyclic) bond motifs is 1. The van der Waals surface area contributed by atoms with Crippen molar-refractivity contribution >= 4 is 40.0 Å². The molecule has 2 aromatic carbocycles. The molecule has 1 atom stereocenters. The predicted molar refractivity (Wildman–Crippen MR) is 235 cm³/mol. The quantitative estimate of drug-likeness (QED) is 0.0997. The van der Waals surface area contributed by atoms with Crippen LogP contribution in [0.2, 0.25) is 0 Å². The van der Waals surface area contributed by atoms with Gasteiger partial charge in [0.25, 0.3) is 0 Å². The van der Waals surface area contributed by atoms with Crippen LogP contribution in [0, 0.1) is 24.0 Å². The summed E-state index contributed by atoms with van der Waals surface area (Å²) in [6.07, 6.45) is 9.16. The molecule has 8 rings (SSSR count). The fourth-order valence-corrected chi connectivity index (χ4v) is 9.78. The zero-order valence-corrected chi connectivity index (χ0v) is 35.8. The van der Waals surface area contributed by atoms with Crippen molar-refractivity contribution in [3.05, 3.63) is 107 Å². The van der Waals surface area contributed by atoms with Crippen molar-refractivity contribution in [2.45, 2.75) is 90.5 Å². The molecule has 0 aliphatic carbocycles. The van der Waals surface area contributed by atoms with Crippen molar-refractivity contribution in [2.75, 3.05) is 73.4 Å². The summed E-state index contributed by atoms with van der Waals surface area (Å²) >= 11 is 0. The highest BCUT2D eigenvalue weighted by molar-refractivity contribution is 5.96. The molecule has 318 valence electrons. The van der Waals surface area contributed by atoms with Gasteiger partial charge in [0.15, 0.2) is 5.78 Å². The smallest absolute Gasteiger partial charge is 0.231 e. The molecule has 60 heavy (non-hydrogen) atoms. The maximum Gasteiger partial charge on any atom is 0.231 e. The minimum Gasteiger partial charge on any atom is -0.501 e. The Balaban J connectivity index is 0.789. The van der Waals surface area contributed by atoms with E-state index in [2.05, 4.69) is 75.1 Å². The third kappa shape index (κ3) is 8.27. The van der Waals surface area contributed by atoms with Crippen LogP contribution in [0.25, 0.3) is 5.57 Å². The van der Waals surface area contributed by atoms with Crippen LogP contribution in [0.3, 0.4) is 0 Å². The Bertz CT molecular complexity index is 2210. The van der Waals surface area contributed by atoms with Crippen molar-refractivity contribution in [1.82, 2.24) is 15.2 Å². The molecule has 3 aromatic rings. The van der Waals surface area contributed by atoms with Gasteiger partial charge in [0, 0.05) is 97.0 Å². The van der Waals surface area contributed by atoms with Crippen LogP contribution < -0.4 is 25.3 Å². The van der Waals surface area contributed by atoms with Crippen molar-refractivity contribution in [1.29, 1.82) is 0 Å². The summed E-state index contributed by atoms with van der Waals surface area (Å²) in [6, 6.07) is 13.6. The Hall–Kier alpha value is -5.23. The summed E-state index contributed by atoms with van der Waals surface area (Å²) in [5, 5.41) is 6.22. The molecule has 0 unspecified atom stereocenters. The molecule has 0 bridgehead atoms. The summed E-state index contributed by atoms with van der Waals surface area (Å²) < 4.78 is 36.0. The maximum atomic E-state index is 15.2. The number of hydrogen-bond acceptors (Lipinski definition) is 9. The Morgan fingerprint density at radius 1 is 1.02 bits per heavy atom. The lowest BCUT2D eigenvalue weighted by molar-refractivity contribution is -0.123. The van der Waals surface area contributed by atoms with E-state index in [9.17, 15) is 9.59 Å². The number of aromatic nitrogens is 1. The summed E-state index contributed by atoms with van der Waals surface area (Å²) in [4.78, 5) is 39.7. The Kier molecular flexibility index (Phi) is 11.8. The number of likely N-dealkylation sites (tertiary alicyclic amines) is 1. The summed E-state index contributed by atoms with van der Waals surface area (Å²) in [5.74, 6) is -0.457. The van der Waals surface area contributed by atoms with E-state index in [0.717, 1.165) is 118 Å². The number of halogens is 2. The standard InChI is InChI=1S/C48H59F2N7O3/c1-7-10-44(60-6)32(4)41-22-33(21-31(3)51-41)43(58)11-8-9-12-45-53-40-16-14-34(25-42(40)54(45)5)57-28-48(29-57)17-19-55(20-18-48)36-26-56(27-36)35-23-38(49)46(39(50)24-35)37-15-13-30(2)52-47(37)59/h12,14,16,21-25,36-37,53H,2,7-11,13,15,17-20,26-29H2,1,3-6H3,(H,52,59)/b44-32-,45-12-/t37-/m1/s1. The van der Waals surface area contributed by atoms with Crippen LogP contribution in [0.5, 0.6) is 0 Å². The molecular formula is C48H59F2N7O3. The zero-order valence-electron chi connectivity index (χ0n) is 35.8. The van der Waals surface area contributed by atoms with Gasteiger partial charge in [0.1, 0.15) is 23.2 Å². The van der Waals surface area contributed by atoms with Crippen LogP contribution in [0.4, 0.5) is 31.5 Å². The number of hydrogen-bond donors (Lipinski definition) is 2. The number of ether oxygens (including phenoxy) is 1. The molecule has 2 N–H and O–H groups in total. The van der Waals surface area contributed by atoms with Crippen molar-refractivity contribution < 1.29 is 23.1 Å². The number of anilines is 4. The topological polar surface area (TPSA) is 93.3 Å². The third-order valence-corrected chi connectivity index (χ3v) is 13.5. The molecule has 4 saturated heterocycles. The van der Waals surface area contributed by atoms with Gasteiger partial charge >= 0.3 is 0 Å². The van der Waals surface area contributed by atoms with Gasteiger partial charge in [-0.2, -0.15) is 0 Å². The number of allylic oxidation sites excluding steroid dienone is 4. The number of benzene rings is 2. The number of nitrogens with one attached hydrogen (secondary N) is 2.